The van der Waals surface area contributed by atoms with Gasteiger partial charge in [-0.2, -0.15) is 0 Å². The van der Waals surface area contributed by atoms with E-state index < -0.39 is 8.80 Å². The van der Waals surface area contributed by atoms with E-state index in [2.05, 4.69) is 14.1 Å². The zero-order valence-electron chi connectivity index (χ0n) is 19.7. The number of rotatable bonds is 14. The number of quaternary nitrogens is 1. The number of nitrogens with zero attached hydrogens (tertiary/aromatic N) is 1. The molecule has 2 aromatic carbocycles. The van der Waals surface area contributed by atoms with Crippen LogP contribution in [-0.2, 0) is 13.3 Å². The Morgan fingerprint density at radius 2 is 1.32 bits per heavy atom. The molecule has 0 fully saturated rings. The molecule has 0 aliphatic heterocycles. The van der Waals surface area contributed by atoms with E-state index in [4.69, 9.17) is 13.3 Å². The molecular formula is C25H38NO4Si+. The van der Waals surface area contributed by atoms with Gasteiger partial charge in [0.1, 0.15) is 0 Å². The van der Waals surface area contributed by atoms with Gasteiger partial charge in [0.2, 0.25) is 5.78 Å². The summed E-state index contributed by atoms with van der Waals surface area (Å²) in [6.45, 7) is 8.45. The van der Waals surface area contributed by atoms with Crippen LogP contribution in [-0.4, -0.2) is 59.5 Å². The van der Waals surface area contributed by atoms with E-state index >= 15 is 0 Å². The highest BCUT2D eigenvalue weighted by Crippen LogP contribution is 2.30. The number of carbonyl (C=O) groups is 1. The molecule has 0 amide bonds. The van der Waals surface area contributed by atoms with Crippen molar-refractivity contribution in [1.29, 1.82) is 0 Å². The standard InChI is InChI=1S/C25H38NO4Si/c1-6-28-31(29-7-2,30-8-3)21-15-20-26(4,5)24(22-16-11-9-12-17-22)25(27)23-18-13-10-14-19-23/h9-14,16-19,24H,6-8,15,20-21H2,1-5H3/q+1. The van der Waals surface area contributed by atoms with Gasteiger partial charge in [0, 0.05) is 43.4 Å². The molecule has 0 heterocycles. The molecule has 31 heavy (non-hydrogen) atoms. The number of ketones is 1. The van der Waals surface area contributed by atoms with E-state index in [9.17, 15) is 4.79 Å². The molecule has 2 rings (SSSR count). The lowest BCUT2D eigenvalue weighted by Crippen LogP contribution is -2.50. The van der Waals surface area contributed by atoms with E-state index in [1.165, 1.54) is 0 Å². The summed E-state index contributed by atoms with van der Waals surface area (Å²) in [4.78, 5) is 13.6. The van der Waals surface area contributed by atoms with Crippen molar-refractivity contribution in [3.63, 3.8) is 0 Å². The lowest BCUT2D eigenvalue weighted by atomic mass is 9.94. The summed E-state index contributed by atoms with van der Waals surface area (Å²) >= 11 is 0. The number of likely N-dealkylation sites (N-methyl/N-ethyl adjacent to an activating group) is 1. The quantitative estimate of drug-likeness (QED) is 0.230. The maximum absolute atomic E-state index is 13.6. The number of hydrogen-bond acceptors (Lipinski definition) is 4. The third-order valence-corrected chi connectivity index (χ3v) is 8.58. The van der Waals surface area contributed by atoms with Crippen LogP contribution in [0.5, 0.6) is 0 Å². The van der Waals surface area contributed by atoms with Gasteiger partial charge in [-0.15, -0.1) is 0 Å². The Balaban J connectivity index is 2.24. The van der Waals surface area contributed by atoms with E-state index in [1.54, 1.807) is 0 Å². The Kier molecular flexibility index (Phi) is 10.1. The van der Waals surface area contributed by atoms with Gasteiger partial charge < -0.3 is 17.8 Å². The molecule has 0 saturated carbocycles. The van der Waals surface area contributed by atoms with Gasteiger partial charge >= 0.3 is 8.80 Å². The van der Waals surface area contributed by atoms with E-state index in [0.29, 0.717) is 24.3 Å². The highest BCUT2D eigenvalue weighted by molar-refractivity contribution is 6.60. The van der Waals surface area contributed by atoms with Crippen molar-refractivity contribution in [2.75, 3.05) is 40.5 Å². The molecule has 6 heteroatoms. The molecule has 0 N–H and O–H groups in total. The number of carbonyl (C=O) groups excluding carboxylic acids is 1. The second-order valence-electron chi connectivity index (χ2n) is 8.13. The Bertz CT molecular complexity index is 766. The van der Waals surface area contributed by atoms with Gasteiger partial charge in [-0.05, 0) is 20.8 Å². The largest absolute Gasteiger partial charge is 0.501 e. The molecule has 1 unspecified atom stereocenters. The van der Waals surface area contributed by atoms with Gasteiger partial charge in [-0.3, -0.25) is 4.79 Å². The third kappa shape index (κ3) is 7.09. The normalized spacial score (nSPS) is 13.2. The first-order valence-electron chi connectivity index (χ1n) is 11.3. The zero-order chi connectivity index (χ0) is 22.7. The van der Waals surface area contributed by atoms with Crippen molar-refractivity contribution in [1.82, 2.24) is 0 Å². The van der Waals surface area contributed by atoms with Crippen molar-refractivity contribution >= 4 is 14.6 Å². The smallest absolute Gasteiger partial charge is 0.374 e. The first kappa shape index (κ1) is 25.4. The average molecular weight is 445 g/mol. The number of benzene rings is 2. The molecule has 1 atom stereocenters. The van der Waals surface area contributed by atoms with Crippen LogP contribution in [0.3, 0.4) is 0 Å². The van der Waals surface area contributed by atoms with E-state index in [-0.39, 0.29) is 11.8 Å². The minimum atomic E-state index is -2.70. The molecule has 170 valence electrons. The summed E-state index contributed by atoms with van der Waals surface area (Å²) in [5, 5.41) is 0. The zero-order valence-corrected chi connectivity index (χ0v) is 20.7. The van der Waals surface area contributed by atoms with Crippen LogP contribution in [0, 0.1) is 0 Å². The second kappa shape index (κ2) is 12.3. The Hall–Kier alpha value is -1.83. The molecule has 0 aliphatic rings. The number of hydrogen-bond donors (Lipinski definition) is 0. The summed E-state index contributed by atoms with van der Waals surface area (Å²) in [5.41, 5.74) is 1.77. The Labute approximate surface area is 188 Å². The summed E-state index contributed by atoms with van der Waals surface area (Å²) in [6, 6.07) is 20.1. The predicted octanol–water partition coefficient (Wildman–Crippen LogP) is 5.13. The second-order valence-corrected chi connectivity index (χ2v) is 10.9. The van der Waals surface area contributed by atoms with Gasteiger partial charge in [0.15, 0.2) is 6.04 Å². The fraction of sp³-hybridized carbons (Fsp3) is 0.480. The topological polar surface area (TPSA) is 44.8 Å². The van der Waals surface area contributed by atoms with Crippen LogP contribution < -0.4 is 0 Å². The van der Waals surface area contributed by atoms with Gasteiger partial charge in [0.25, 0.3) is 0 Å². The minimum absolute atomic E-state index is 0.139. The van der Waals surface area contributed by atoms with Crippen molar-refractivity contribution in [2.24, 2.45) is 0 Å². The van der Waals surface area contributed by atoms with Crippen molar-refractivity contribution in [2.45, 2.75) is 39.3 Å². The summed E-state index contributed by atoms with van der Waals surface area (Å²) < 4.78 is 18.6. The third-order valence-electron chi connectivity index (χ3n) is 5.43. The van der Waals surface area contributed by atoms with Crippen LogP contribution in [0.25, 0.3) is 0 Å². The van der Waals surface area contributed by atoms with E-state index in [1.807, 2.05) is 81.4 Å². The van der Waals surface area contributed by atoms with Crippen LogP contribution >= 0.6 is 0 Å². The van der Waals surface area contributed by atoms with Crippen molar-refractivity contribution < 1.29 is 22.6 Å². The average Bonchev–Trinajstić information content (AvgIpc) is 2.75. The molecule has 0 saturated heterocycles. The number of Topliss-reactive ketones (excluding diaryl/α,β-unsaturated/α-hetero) is 1. The summed E-state index contributed by atoms with van der Waals surface area (Å²) in [5.74, 6) is 0.139. The predicted molar refractivity (Wildman–Crippen MR) is 127 cm³/mol. The summed E-state index contributed by atoms with van der Waals surface area (Å²) in [7, 11) is 1.56. The lowest BCUT2D eigenvalue weighted by molar-refractivity contribution is -0.911. The molecule has 0 bridgehead atoms. The first-order chi connectivity index (χ1) is 14.9. The maximum atomic E-state index is 13.6. The lowest BCUT2D eigenvalue weighted by Gasteiger charge is -2.38. The van der Waals surface area contributed by atoms with Gasteiger partial charge in [0.05, 0.1) is 20.6 Å². The molecule has 0 spiro atoms. The summed E-state index contributed by atoms with van der Waals surface area (Å²) in [6.07, 6.45) is 0.852. The van der Waals surface area contributed by atoms with Crippen LogP contribution in [0.2, 0.25) is 6.04 Å². The monoisotopic (exact) mass is 444 g/mol. The van der Waals surface area contributed by atoms with Crippen LogP contribution in [0.1, 0.15) is 49.2 Å². The fourth-order valence-electron chi connectivity index (χ4n) is 4.10. The molecule has 0 radical (unpaired) electrons. The molecular weight excluding hydrogens is 406 g/mol. The Morgan fingerprint density at radius 1 is 0.839 bits per heavy atom. The SMILES string of the molecule is CCO[Si](CCC[N+](C)(C)C(C(=O)c1ccccc1)c1ccccc1)(OCC)OCC. The van der Waals surface area contributed by atoms with Crippen molar-refractivity contribution in [3.05, 3.63) is 71.8 Å². The van der Waals surface area contributed by atoms with Crippen LogP contribution in [0.15, 0.2) is 60.7 Å². The molecule has 0 aromatic heterocycles. The molecule has 0 aliphatic carbocycles. The maximum Gasteiger partial charge on any atom is 0.501 e. The van der Waals surface area contributed by atoms with Crippen molar-refractivity contribution in [3.8, 4) is 0 Å². The minimum Gasteiger partial charge on any atom is -0.374 e. The highest BCUT2D eigenvalue weighted by Gasteiger charge is 2.42. The highest BCUT2D eigenvalue weighted by atomic mass is 28.4. The first-order valence-corrected chi connectivity index (χ1v) is 13.2. The van der Waals surface area contributed by atoms with Gasteiger partial charge in [-0.1, -0.05) is 60.7 Å². The van der Waals surface area contributed by atoms with Crippen LogP contribution in [0.4, 0.5) is 0 Å². The molecule has 5 nitrogen and oxygen atoms in total. The fourth-order valence-corrected chi connectivity index (χ4v) is 6.70. The Morgan fingerprint density at radius 3 is 1.81 bits per heavy atom. The van der Waals surface area contributed by atoms with Gasteiger partial charge in [-0.25, -0.2) is 0 Å². The van der Waals surface area contributed by atoms with E-state index in [0.717, 1.165) is 30.1 Å². The molecule has 2 aromatic rings.